The number of rotatable bonds is 8. The summed E-state index contributed by atoms with van der Waals surface area (Å²) >= 11 is 0. The topological polar surface area (TPSA) is 312 Å². The van der Waals surface area contributed by atoms with Crippen LogP contribution in [0.25, 0.3) is 21.5 Å². The van der Waals surface area contributed by atoms with Gasteiger partial charge in [0, 0.05) is 40.6 Å². The molecule has 0 aromatic heterocycles. The first-order valence-corrected chi connectivity index (χ1v) is 20.3. The largest absolute Gasteiger partial charge is 0.506 e. The predicted octanol–water partition coefficient (Wildman–Crippen LogP) is 8.87. The van der Waals surface area contributed by atoms with Crippen LogP contribution in [0.3, 0.4) is 0 Å². The van der Waals surface area contributed by atoms with E-state index in [1.807, 2.05) is 0 Å². The van der Waals surface area contributed by atoms with Gasteiger partial charge in [-0.25, -0.2) is 26.4 Å². The van der Waals surface area contributed by atoms with Crippen molar-refractivity contribution >= 4 is 87.5 Å². The van der Waals surface area contributed by atoms with Crippen LogP contribution in [0.15, 0.2) is 127 Å². The summed E-state index contributed by atoms with van der Waals surface area (Å²) in [5.74, 6) is -1.01. The molecule has 0 saturated carbocycles. The Kier molecular flexibility index (Phi) is 15.7. The maximum atomic E-state index is 11.7. The standard InChI is InChI=1S/2C19H17N3O6S.Cr.H3N/c2*1-28-19(25)20-13-5-3-4-11-6-8-16(24)18(17(11)13)22-21-14-10-12(29(2,26)27)7-9-15(14)23;;/h2*3-10,23-24H,1-2H3,(H,20,25);;1H3/p+1. The van der Waals surface area contributed by atoms with Crippen LogP contribution in [0, 0.1) is 0 Å². The van der Waals surface area contributed by atoms with E-state index in [1.54, 1.807) is 48.5 Å². The van der Waals surface area contributed by atoms with E-state index in [9.17, 15) is 46.9 Å². The number of ether oxygens (including phenoxy) is 2. The molecule has 6 aromatic carbocycles. The Morgan fingerprint density at radius 2 is 0.883 bits per heavy atom. The maximum Gasteiger partial charge on any atom is 0.411 e. The first kappa shape index (κ1) is 47.5. The minimum Gasteiger partial charge on any atom is -0.506 e. The average molecular weight is 901 g/mol. The monoisotopic (exact) mass is 900 g/mol. The van der Waals surface area contributed by atoms with Gasteiger partial charge in [-0.1, -0.05) is 36.4 Å². The van der Waals surface area contributed by atoms with E-state index in [2.05, 4.69) is 40.6 Å². The zero-order valence-electron chi connectivity index (χ0n) is 32.3. The van der Waals surface area contributed by atoms with Crippen molar-refractivity contribution in [1.29, 1.82) is 0 Å². The normalized spacial score (nSPS) is 11.3. The second-order valence-corrected chi connectivity index (χ2v) is 16.2. The molecule has 0 fully saturated rings. The van der Waals surface area contributed by atoms with Gasteiger partial charge in [0.15, 0.2) is 19.7 Å². The summed E-state index contributed by atoms with van der Waals surface area (Å²) in [6, 6.07) is 23.4. The molecule has 0 radical (unpaired) electrons. The Morgan fingerprint density at radius 3 is 1.22 bits per heavy atom. The number of nitrogens with one attached hydrogen (secondary N) is 2. The number of methoxy groups -OCH3 is 2. The van der Waals surface area contributed by atoms with Crippen molar-refractivity contribution < 1.29 is 73.7 Å². The Bertz CT molecular complexity index is 2680. The Labute approximate surface area is 353 Å². The molecule has 0 bridgehead atoms. The Balaban J connectivity index is 0.000000310. The number of quaternary nitrogens is 1. The summed E-state index contributed by atoms with van der Waals surface area (Å²) in [6.07, 6.45) is 0.646. The summed E-state index contributed by atoms with van der Waals surface area (Å²) < 4.78 is 56.1. The Morgan fingerprint density at radius 1 is 0.533 bits per heavy atom. The van der Waals surface area contributed by atoms with E-state index >= 15 is 0 Å². The first-order chi connectivity index (χ1) is 27.4. The molecule has 0 heterocycles. The molecule has 0 aliphatic carbocycles. The molecule has 6 rings (SSSR count). The van der Waals surface area contributed by atoms with E-state index in [-0.39, 0.29) is 79.1 Å². The van der Waals surface area contributed by atoms with Crippen LogP contribution in [0.2, 0.25) is 0 Å². The van der Waals surface area contributed by atoms with Crippen molar-refractivity contribution in [2.45, 2.75) is 9.79 Å². The van der Waals surface area contributed by atoms with Gasteiger partial charge in [0.25, 0.3) is 0 Å². The van der Waals surface area contributed by atoms with E-state index in [0.717, 1.165) is 12.5 Å². The smallest absolute Gasteiger partial charge is 0.411 e. The number of amides is 2. The van der Waals surface area contributed by atoms with E-state index < -0.39 is 31.9 Å². The molecule has 0 saturated heterocycles. The third kappa shape index (κ3) is 11.2. The number of hydrogen-bond donors (Lipinski definition) is 7. The number of sulfone groups is 2. The van der Waals surface area contributed by atoms with Crippen LogP contribution in [0.4, 0.5) is 43.7 Å². The molecule has 22 heteroatoms. The van der Waals surface area contributed by atoms with E-state index in [1.165, 1.54) is 62.8 Å². The van der Waals surface area contributed by atoms with Crippen molar-refractivity contribution in [2.24, 2.45) is 20.5 Å². The van der Waals surface area contributed by atoms with Crippen LogP contribution < -0.4 is 16.8 Å². The van der Waals surface area contributed by atoms with Gasteiger partial charge < -0.3 is 36.1 Å². The molecule has 0 aliphatic heterocycles. The zero-order valence-corrected chi connectivity index (χ0v) is 35.2. The quantitative estimate of drug-likeness (QED) is 0.0704. The van der Waals surface area contributed by atoms with Gasteiger partial charge in [-0.2, -0.15) is 0 Å². The van der Waals surface area contributed by atoms with Gasteiger partial charge in [-0.3, -0.25) is 10.6 Å². The van der Waals surface area contributed by atoms with Crippen LogP contribution in [0.5, 0.6) is 23.0 Å². The fourth-order valence-corrected chi connectivity index (χ4v) is 6.55. The van der Waals surface area contributed by atoms with Crippen LogP contribution >= 0.6 is 0 Å². The minimum absolute atomic E-state index is 0. The van der Waals surface area contributed by atoms with Gasteiger partial charge in [0.05, 0.1) is 35.4 Å². The summed E-state index contributed by atoms with van der Waals surface area (Å²) in [5, 5.41) is 63.6. The number of benzene rings is 6. The summed E-state index contributed by atoms with van der Waals surface area (Å²) in [6.45, 7) is 0. The predicted molar refractivity (Wildman–Crippen MR) is 220 cm³/mol. The fourth-order valence-electron chi connectivity index (χ4n) is 5.27. The number of aromatic hydroxyl groups is 4. The second-order valence-electron chi connectivity index (χ2n) is 12.2. The maximum absolute atomic E-state index is 11.7. The van der Waals surface area contributed by atoms with Crippen molar-refractivity contribution in [1.82, 2.24) is 6.15 Å². The van der Waals surface area contributed by atoms with Crippen molar-refractivity contribution in [3.05, 3.63) is 97.1 Å². The van der Waals surface area contributed by atoms with Gasteiger partial charge in [0.2, 0.25) is 0 Å². The molecule has 10 N–H and O–H groups in total. The summed E-state index contributed by atoms with van der Waals surface area (Å²) in [5.41, 5.74) is 0.518. The minimum atomic E-state index is -3.51. The number of anilines is 2. The molecule has 2 amide bonds. The van der Waals surface area contributed by atoms with Crippen LogP contribution in [-0.4, -0.2) is 76.2 Å². The number of hydrogen-bond acceptors (Lipinski definition) is 16. The molecule has 19 nitrogen and oxygen atoms in total. The summed E-state index contributed by atoms with van der Waals surface area (Å²) in [4.78, 5) is 23.2. The first-order valence-electron chi connectivity index (χ1n) is 16.5. The van der Waals surface area contributed by atoms with Crippen LogP contribution in [0.1, 0.15) is 0 Å². The molecule has 314 valence electrons. The van der Waals surface area contributed by atoms with Gasteiger partial charge >= 0.3 is 12.2 Å². The van der Waals surface area contributed by atoms with Gasteiger partial charge in [-0.05, 0) is 71.4 Å². The fraction of sp³-hybridized carbons (Fsp3) is 0.105. The molecule has 60 heavy (non-hydrogen) atoms. The molecule has 0 atom stereocenters. The van der Waals surface area contributed by atoms with Crippen molar-refractivity contribution in [3.8, 4) is 23.0 Å². The number of carbonyl (C=O) groups excluding carboxylic acids is 2. The van der Waals surface area contributed by atoms with Crippen molar-refractivity contribution in [2.75, 3.05) is 37.4 Å². The third-order valence-corrected chi connectivity index (χ3v) is 10.3. The SMILES string of the molecule is COC(=O)Nc1cccc2ccc(O)c(N=Nc3cc(S(C)(=O)=O)ccc3O)c12.COC(=O)Nc1cccc2ccc(O)c(N=Nc3cc(S(C)(=O)=O)ccc3O)c12.[Cr].[NH4+]. The Hall–Kier alpha value is -6.83. The average Bonchev–Trinajstić information content (AvgIpc) is 3.17. The van der Waals surface area contributed by atoms with Crippen LogP contribution in [-0.2, 0) is 46.5 Å². The number of carbonyl (C=O) groups is 2. The van der Waals surface area contributed by atoms with Gasteiger partial charge in [0.1, 0.15) is 45.7 Å². The number of nitrogens with zero attached hydrogens (tertiary/aromatic N) is 4. The van der Waals surface area contributed by atoms with E-state index in [4.69, 9.17) is 0 Å². The number of fused-ring (bicyclic) bond motifs is 2. The van der Waals surface area contributed by atoms with E-state index in [0.29, 0.717) is 32.9 Å². The summed E-state index contributed by atoms with van der Waals surface area (Å²) in [7, 11) is -4.59. The van der Waals surface area contributed by atoms with Crippen molar-refractivity contribution in [3.63, 3.8) is 0 Å². The molecule has 6 aromatic rings. The molecule has 0 aliphatic rings. The molecule has 0 unspecified atom stereocenters. The number of phenolic OH excluding ortho intramolecular Hbond substituents is 4. The second kappa shape index (κ2) is 19.7. The zero-order chi connectivity index (χ0) is 42.4. The molecular weight excluding hydrogens is 863 g/mol. The molecule has 0 spiro atoms. The number of azo groups is 2. The number of phenols is 4. The third-order valence-electron chi connectivity index (χ3n) is 8.10. The molecular formula is C38H38CrN7O12S2+. The van der Waals surface area contributed by atoms with Gasteiger partial charge in [-0.15, -0.1) is 20.5 Å².